The van der Waals surface area contributed by atoms with Gasteiger partial charge in [-0.15, -0.1) is 11.3 Å². The Morgan fingerprint density at radius 1 is 1.36 bits per heavy atom. The van der Waals surface area contributed by atoms with Gasteiger partial charge >= 0.3 is 0 Å². The van der Waals surface area contributed by atoms with Gasteiger partial charge in [0.15, 0.2) is 0 Å². The molecule has 0 saturated heterocycles. The number of hydrogen-bond acceptors (Lipinski definition) is 5. The molecule has 3 aromatic rings. The summed E-state index contributed by atoms with van der Waals surface area (Å²) in [7, 11) is 0. The van der Waals surface area contributed by atoms with Crippen molar-refractivity contribution in [2.45, 2.75) is 6.10 Å². The van der Waals surface area contributed by atoms with Gasteiger partial charge in [-0.3, -0.25) is 4.79 Å². The number of aliphatic hydroxyl groups is 1. The second kappa shape index (κ2) is 6.83. The SMILES string of the molecule is O=C(/C=C/c1nc2ccccc2s1)NCC(O)c1ccsc1. The van der Waals surface area contributed by atoms with E-state index >= 15 is 0 Å². The molecule has 0 aliphatic carbocycles. The Hall–Kier alpha value is -2.02. The van der Waals surface area contributed by atoms with Gasteiger partial charge in [-0.05, 0) is 40.6 Å². The van der Waals surface area contributed by atoms with Crippen LogP contribution in [-0.4, -0.2) is 22.5 Å². The lowest BCUT2D eigenvalue weighted by Gasteiger charge is -2.08. The van der Waals surface area contributed by atoms with E-state index < -0.39 is 6.10 Å². The average Bonchev–Trinajstić information content (AvgIpc) is 3.19. The number of fused-ring (bicyclic) bond motifs is 1. The lowest BCUT2D eigenvalue weighted by molar-refractivity contribution is -0.116. The van der Waals surface area contributed by atoms with Gasteiger partial charge < -0.3 is 10.4 Å². The Morgan fingerprint density at radius 3 is 3.00 bits per heavy atom. The Morgan fingerprint density at radius 2 is 2.23 bits per heavy atom. The number of rotatable bonds is 5. The fourth-order valence-electron chi connectivity index (χ4n) is 1.95. The van der Waals surface area contributed by atoms with Crippen molar-refractivity contribution in [3.63, 3.8) is 0 Å². The Kier molecular flexibility index (Phi) is 4.62. The molecule has 22 heavy (non-hydrogen) atoms. The fourth-order valence-corrected chi connectivity index (χ4v) is 3.52. The number of aromatic nitrogens is 1. The number of carbonyl (C=O) groups excluding carboxylic acids is 1. The lowest BCUT2D eigenvalue weighted by atomic mass is 10.2. The molecule has 4 nitrogen and oxygen atoms in total. The molecule has 0 spiro atoms. The summed E-state index contributed by atoms with van der Waals surface area (Å²) in [5.41, 5.74) is 1.75. The highest BCUT2D eigenvalue weighted by molar-refractivity contribution is 7.19. The topological polar surface area (TPSA) is 62.2 Å². The maximum atomic E-state index is 11.8. The Bertz CT molecular complexity index is 760. The highest BCUT2D eigenvalue weighted by atomic mass is 32.1. The molecule has 1 atom stereocenters. The summed E-state index contributed by atoms with van der Waals surface area (Å²) >= 11 is 3.05. The van der Waals surface area contributed by atoms with Crippen LogP contribution in [0.4, 0.5) is 0 Å². The van der Waals surface area contributed by atoms with Crippen LogP contribution in [0.1, 0.15) is 16.7 Å². The number of amides is 1. The molecule has 0 aliphatic rings. The van der Waals surface area contributed by atoms with Crippen LogP contribution in [0.5, 0.6) is 0 Å². The molecule has 0 aliphatic heterocycles. The second-order valence-corrected chi connectivity index (χ2v) is 6.51. The van der Waals surface area contributed by atoms with E-state index in [0.29, 0.717) is 0 Å². The molecule has 2 heterocycles. The number of benzene rings is 1. The van der Waals surface area contributed by atoms with Crippen LogP contribution in [-0.2, 0) is 4.79 Å². The normalized spacial score (nSPS) is 12.8. The van der Waals surface area contributed by atoms with E-state index in [0.717, 1.165) is 20.8 Å². The van der Waals surface area contributed by atoms with Crippen molar-refractivity contribution in [1.29, 1.82) is 0 Å². The van der Waals surface area contributed by atoms with Gasteiger partial charge in [-0.25, -0.2) is 4.98 Å². The van der Waals surface area contributed by atoms with Gasteiger partial charge in [-0.1, -0.05) is 12.1 Å². The summed E-state index contributed by atoms with van der Waals surface area (Å²) in [6.07, 6.45) is 2.46. The van der Waals surface area contributed by atoms with E-state index in [-0.39, 0.29) is 12.5 Å². The number of aliphatic hydroxyl groups excluding tert-OH is 1. The molecule has 0 radical (unpaired) electrons. The van der Waals surface area contributed by atoms with Crippen molar-refractivity contribution in [3.05, 3.63) is 57.7 Å². The molecule has 6 heteroatoms. The number of nitrogens with zero attached hydrogens (tertiary/aromatic N) is 1. The Balaban J connectivity index is 1.57. The van der Waals surface area contributed by atoms with E-state index in [9.17, 15) is 9.90 Å². The van der Waals surface area contributed by atoms with Gasteiger partial charge in [0.05, 0.1) is 16.3 Å². The summed E-state index contributed by atoms with van der Waals surface area (Å²) in [5, 5.41) is 17.1. The molecule has 2 N–H and O–H groups in total. The smallest absolute Gasteiger partial charge is 0.244 e. The lowest BCUT2D eigenvalue weighted by Crippen LogP contribution is -2.26. The maximum absolute atomic E-state index is 11.8. The first kappa shape index (κ1) is 14.9. The van der Waals surface area contributed by atoms with Gasteiger partial charge in [0, 0.05) is 12.6 Å². The molecule has 3 rings (SSSR count). The quantitative estimate of drug-likeness (QED) is 0.706. The zero-order valence-electron chi connectivity index (χ0n) is 11.6. The van der Waals surface area contributed by atoms with Crippen LogP contribution in [0.25, 0.3) is 16.3 Å². The third kappa shape index (κ3) is 3.59. The number of nitrogens with one attached hydrogen (secondary N) is 1. The summed E-state index contributed by atoms with van der Waals surface area (Å²) in [6.45, 7) is 0.194. The molecule has 0 bridgehead atoms. The Labute approximate surface area is 135 Å². The van der Waals surface area contributed by atoms with Crippen molar-refractivity contribution in [2.75, 3.05) is 6.54 Å². The summed E-state index contributed by atoms with van der Waals surface area (Å²) in [5.74, 6) is -0.242. The minimum Gasteiger partial charge on any atom is -0.387 e. The number of para-hydroxylation sites is 1. The van der Waals surface area contributed by atoms with E-state index in [1.165, 1.54) is 28.7 Å². The van der Waals surface area contributed by atoms with Crippen LogP contribution in [0.15, 0.2) is 47.2 Å². The molecular formula is C16H14N2O2S2. The molecule has 0 saturated carbocycles. The molecule has 1 unspecified atom stereocenters. The molecule has 112 valence electrons. The number of carbonyl (C=O) groups is 1. The van der Waals surface area contributed by atoms with Gasteiger partial charge in [0.2, 0.25) is 5.91 Å². The third-order valence-corrected chi connectivity index (χ3v) is 4.79. The largest absolute Gasteiger partial charge is 0.387 e. The molecular weight excluding hydrogens is 316 g/mol. The van der Waals surface area contributed by atoms with E-state index in [2.05, 4.69) is 10.3 Å². The van der Waals surface area contributed by atoms with E-state index in [1.807, 2.05) is 41.1 Å². The summed E-state index contributed by atoms with van der Waals surface area (Å²) < 4.78 is 1.09. The molecule has 1 amide bonds. The van der Waals surface area contributed by atoms with E-state index in [1.54, 1.807) is 6.08 Å². The van der Waals surface area contributed by atoms with Crippen LogP contribution in [0.2, 0.25) is 0 Å². The summed E-state index contributed by atoms with van der Waals surface area (Å²) in [4.78, 5) is 16.2. The zero-order chi connectivity index (χ0) is 15.4. The van der Waals surface area contributed by atoms with Crippen molar-refractivity contribution in [3.8, 4) is 0 Å². The molecule has 1 aromatic carbocycles. The first-order valence-corrected chi connectivity index (χ1v) is 8.50. The molecule has 2 aromatic heterocycles. The van der Waals surface area contributed by atoms with Crippen molar-refractivity contribution < 1.29 is 9.90 Å². The standard InChI is InChI=1S/C16H14N2O2S2/c19-13(11-7-8-21-10-11)9-17-15(20)5-6-16-18-12-3-1-2-4-14(12)22-16/h1-8,10,13,19H,9H2,(H,17,20)/b6-5+. The summed E-state index contributed by atoms with van der Waals surface area (Å²) in [6, 6.07) is 9.70. The minimum absolute atomic E-state index is 0.194. The fraction of sp³-hybridized carbons (Fsp3) is 0.125. The van der Waals surface area contributed by atoms with Crippen molar-refractivity contribution >= 4 is 44.9 Å². The second-order valence-electron chi connectivity index (χ2n) is 4.67. The number of thiophene rings is 1. The van der Waals surface area contributed by atoms with E-state index in [4.69, 9.17) is 0 Å². The monoisotopic (exact) mass is 330 g/mol. The average molecular weight is 330 g/mol. The van der Waals surface area contributed by atoms with Crippen LogP contribution < -0.4 is 5.32 Å². The predicted molar refractivity (Wildman–Crippen MR) is 90.9 cm³/mol. The molecule has 0 fully saturated rings. The predicted octanol–water partition coefficient (Wildman–Crippen LogP) is 3.22. The minimum atomic E-state index is -0.675. The zero-order valence-corrected chi connectivity index (χ0v) is 13.2. The number of hydrogen-bond donors (Lipinski definition) is 2. The van der Waals surface area contributed by atoms with Crippen LogP contribution in [0.3, 0.4) is 0 Å². The number of thiazole rings is 1. The van der Waals surface area contributed by atoms with Crippen LogP contribution in [0, 0.1) is 0 Å². The van der Waals surface area contributed by atoms with Crippen molar-refractivity contribution in [2.24, 2.45) is 0 Å². The highest BCUT2D eigenvalue weighted by Gasteiger charge is 2.08. The first-order chi connectivity index (χ1) is 10.7. The first-order valence-electron chi connectivity index (χ1n) is 6.74. The maximum Gasteiger partial charge on any atom is 0.244 e. The highest BCUT2D eigenvalue weighted by Crippen LogP contribution is 2.22. The van der Waals surface area contributed by atoms with Gasteiger partial charge in [-0.2, -0.15) is 11.3 Å². The van der Waals surface area contributed by atoms with Gasteiger partial charge in [0.1, 0.15) is 5.01 Å². The third-order valence-electron chi connectivity index (χ3n) is 3.09. The van der Waals surface area contributed by atoms with Gasteiger partial charge in [0.25, 0.3) is 0 Å². The van der Waals surface area contributed by atoms with Crippen LogP contribution >= 0.6 is 22.7 Å². The van der Waals surface area contributed by atoms with Crippen molar-refractivity contribution in [1.82, 2.24) is 10.3 Å².